The fraction of sp³-hybridized carbons (Fsp3) is 0.567. The molecule has 1 saturated carbocycles. The van der Waals surface area contributed by atoms with Crippen LogP contribution in [0.4, 0.5) is 17.6 Å². The van der Waals surface area contributed by atoms with E-state index in [4.69, 9.17) is 10.5 Å². The third kappa shape index (κ3) is 5.83. The predicted molar refractivity (Wildman–Crippen MR) is 146 cm³/mol. The summed E-state index contributed by atoms with van der Waals surface area (Å²) in [6.45, 7) is 3.09. The molecule has 2 aliphatic heterocycles. The lowest BCUT2D eigenvalue weighted by Crippen LogP contribution is -2.53. The van der Waals surface area contributed by atoms with Gasteiger partial charge in [-0.05, 0) is 69.8 Å². The van der Waals surface area contributed by atoms with Gasteiger partial charge in [-0.2, -0.15) is 13.2 Å². The Labute approximate surface area is 241 Å². The molecule has 1 aromatic heterocycles. The minimum atomic E-state index is -4.15. The number of aliphatic hydroxyl groups excluding tert-OH is 1. The first kappa shape index (κ1) is 30.2. The van der Waals surface area contributed by atoms with E-state index in [9.17, 15) is 27.9 Å². The number of ether oxygens (including phenoxy) is 1. The molecule has 1 aromatic carbocycles. The van der Waals surface area contributed by atoms with E-state index >= 15 is 4.39 Å². The molecule has 3 fully saturated rings. The molecule has 2 atom stereocenters. The Morgan fingerprint density at radius 1 is 1.17 bits per heavy atom. The fourth-order valence-corrected chi connectivity index (χ4v) is 6.33. The summed E-state index contributed by atoms with van der Waals surface area (Å²) in [5.41, 5.74) is 3.29. The molecule has 8 nitrogen and oxygen atoms in total. The minimum Gasteiger partial charge on any atom is -0.477 e. The van der Waals surface area contributed by atoms with Crippen LogP contribution in [-0.4, -0.2) is 82.3 Å². The van der Waals surface area contributed by atoms with Crippen molar-refractivity contribution < 1.29 is 37.0 Å². The quantitative estimate of drug-likeness (QED) is 0.446. The Hall–Kier alpha value is -3.25. The Balaban J connectivity index is 1.14. The van der Waals surface area contributed by atoms with Crippen molar-refractivity contribution in [3.8, 4) is 17.0 Å². The lowest BCUT2D eigenvalue weighted by molar-refractivity contribution is -0.256. The molecule has 3 heterocycles. The molecule has 2 aromatic rings. The van der Waals surface area contributed by atoms with Gasteiger partial charge in [0.25, 0.3) is 5.91 Å². The van der Waals surface area contributed by atoms with Crippen LogP contribution < -0.4 is 10.5 Å². The topological polar surface area (TPSA) is 109 Å². The monoisotopic (exact) mass is 592 g/mol. The highest BCUT2D eigenvalue weighted by Gasteiger charge is 2.58. The van der Waals surface area contributed by atoms with Crippen LogP contribution in [0.2, 0.25) is 0 Å². The van der Waals surface area contributed by atoms with Crippen molar-refractivity contribution in [1.29, 1.82) is 0 Å². The van der Waals surface area contributed by atoms with Crippen LogP contribution in [-0.2, 0) is 4.79 Å². The number of piperidine rings is 1. The number of aromatic nitrogens is 1. The molecule has 2 amide bonds. The van der Waals surface area contributed by atoms with Crippen LogP contribution in [0.3, 0.4) is 0 Å². The number of pyridine rings is 1. The van der Waals surface area contributed by atoms with Crippen molar-refractivity contribution in [2.75, 3.05) is 32.8 Å². The molecule has 3 aliphatic rings. The molecule has 228 valence electrons. The SMILES string of the molecule is CC1(C(N)=O)CC(O)CN1C(=O)c1ccc(-c2ccc(OCC3CCN(CC4(C(F)(F)F)CCC4)CC3)nc2)c(F)c1. The van der Waals surface area contributed by atoms with Gasteiger partial charge < -0.3 is 25.4 Å². The number of carbonyl (C=O) groups excluding carboxylic acids is 2. The highest BCUT2D eigenvalue weighted by atomic mass is 19.4. The molecule has 0 spiro atoms. The van der Waals surface area contributed by atoms with E-state index < -0.39 is 40.9 Å². The van der Waals surface area contributed by atoms with Crippen molar-refractivity contribution in [3.05, 3.63) is 47.9 Å². The molecule has 1 aliphatic carbocycles. The van der Waals surface area contributed by atoms with Crippen LogP contribution in [0.5, 0.6) is 5.88 Å². The van der Waals surface area contributed by atoms with Gasteiger partial charge in [-0.25, -0.2) is 9.37 Å². The van der Waals surface area contributed by atoms with Crippen LogP contribution in [0, 0.1) is 17.2 Å². The fourth-order valence-electron chi connectivity index (χ4n) is 6.33. The number of benzene rings is 1. The van der Waals surface area contributed by atoms with E-state index in [0.29, 0.717) is 37.6 Å². The number of alkyl halides is 3. The minimum absolute atomic E-state index is 0.0104. The zero-order valence-corrected chi connectivity index (χ0v) is 23.5. The van der Waals surface area contributed by atoms with Gasteiger partial charge in [0.15, 0.2) is 0 Å². The molecule has 2 unspecified atom stereocenters. The van der Waals surface area contributed by atoms with Crippen LogP contribution in [0.1, 0.15) is 55.8 Å². The first-order chi connectivity index (χ1) is 19.8. The third-order valence-electron chi connectivity index (χ3n) is 9.27. The zero-order valence-electron chi connectivity index (χ0n) is 23.5. The maximum Gasteiger partial charge on any atom is 0.395 e. The van der Waals surface area contributed by atoms with Crippen molar-refractivity contribution in [1.82, 2.24) is 14.8 Å². The summed E-state index contributed by atoms with van der Waals surface area (Å²) in [4.78, 5) is 32.4. The zero-order chi connectivity index (χ0) is 30.3. The lowest BCUT2D eigenvalue weighted by atomic mass is 9.67. The summed E-state index contributed by atoms with van der Waals surface area (Å²) in [5.74, 6) is -1.43. The molecule has 42 heavy (non-hydrogen) atoms. The number of amides is 2. The molecule has 0 radical (unpaired) electrons. The number of carbonyl (C=O) groups is 2. The van der Waals surface area contributed by atoms with Gasteiger partial charge in [0.2, 0.25) is 11.8 Å². The maximum absolute atomic E-state index is 15.1. The number of hydrogen-bond acceptors (Lipinski definition) is 6. The molecule has 2 saturated heterocycles. The number of nitrogens with two attached hydrogens (primary N) is 1. The summed E-state index contributed by atoms with van der Waals surface area (Å²) in [7, 11) is 0. The number of β-amino-alcohol motifs (C(OH)–C–C–N with tert-alkyl or cyclic N) is 1. The maximum atomic E-state index is 15.1. The van der Waals surface area contributed by atoms with Crippen molar-refractivity contribution >= 4 is 11.8 Å². The highest BCUT2D eigenvalue weighted by Crippen LogP contribution is 2.53. The van der Waals surface area contributed by atoms with E-state index in [1.807, 2.05) is 4.90 Å². The highest BCUT2D eigenvalue weighted by molar-refractivity contribution is 5.99. The number of hydrogen-bond donors (Lipinski definition) is 2. The van der Waals surface area contributed by atoms with Gasteiger partial charge in [0.05, 0.1) is 18.1 Å². The molecular weight excluding hydrogens is 556 g/mol. The van der Waals surface area contributed by atoms with Crippen LogP contribution in [0.25, 0.3) is 11.1 Å². The normalized spacial score (nSPS) is 24.8. The Kier molecular flexibility index (Phi) is 8.23. The number of rotatable bonds is 8. The summed E-state index contributed by atoms with van der Waals surface area (Å²) < 4.78 is 61.5. The third-order valence-corrected chi connectivity index (χ3v) is 9.27. The first-order valence-corrected chi connectivity index (χ1v) is 14.3. The van der Waals surface area contributed by atoms with Gasteiger partial charge in [0, 0.05) is 48.5 Å². The van der Waals surface area contributed by atoms with Crippen LogP contribution >= 0.6 is 0 Å². The van der Waals surface area contributed by atoms with E-state index in [0.717, 1.165) is 18.9 Å². The van der Waals surface area contributed by atoms with E-state index in [2.05, 4.69) is 4.98 Å². The second-order valence-corrected chi connectivity index (χ2v) is 12.2. The molecule has 0 bridgehead atoms. The summed E-state index contributed by atoms with van der Waals surface area (Å²) in [6, 6.07) is 7.26. The van der Waals surface area contributed by atoms with E-state index in [1.165, 1.54) is 30.2 Å². The largest absolute Gasteiger partial charge is 0.477 e. The molecular formula is C30H36F4N4O4. The number of halogens is 4. The number of aliphatic hydroxyl groups is 1. The average Bonchev–Trinajstić information content (AvgIpc) is 3.24. The number of nitrogens with zero attached hydrogens (tertiary/aromatic N) is 3. The summed E-state index contributed by atoms with van der Waals surface area (Å²) in [6.07, 6.45) is -1.02. The van der Waals surface area contributed by atoms with Gasteiger partial charge in [-0.1, -0.05) is 12.5 Å². The molecule has 12 heteroatoms. The Morgan fingerprint density at radius 3 is 2.43 bits per heavy atom. The van der Waals surface area contributed by atoms with E-state index in [1.54, 1.807) is 12.1 Å². The predicted octanol–water partition coefficient (Wildman–Crippen LogP) is 4.16. The van der Waals surface area contributed by atoms with Crippen LogP contribution in [0.15, 0.2) is 36.5 Å². The summed E-state index contributed by atoms with van der Waals surface area (Å²) >= 11 is 0. The smallest absolute Gasteiger partial charge is 0.395 e. The average molecular weight is 593 g/mol. The molecule has 5 rings (SSSR count). The molecule has 3 N–H and O–H groups in total. The second kappa shape index (κ2) is 11.4. The van der Waals surface area contributed by atoms with Crippen molar-refractivity contribution in [2.45, 2.75) is 63.3 Å². The lowest BCUT2D eigenvalue weighted by Gasteiger charge is -2.47. The van der Waals surface area contributed by atoms with Gasteiger partial charge in [-0.15, -0.1) is 0 Å². The second-order valence-electron chi connectivity index (χ2n) is 12.2. The number of primary amides is 1. The Bertz CT molecular complexity index is 1310. The van der Waals surface area contributed by atoms with Crippen molar-refractivity contribution in [2.24, 2.45) is 17.1 Å². The first-order valence-electron chi connectivity index (χ1n) is 14.3. The van der Waals surface area contributed by atoms with Gasteiger partial charge in [-0.3, -0.25) is 9.59 Å². The summed E-state index contributed by atoms with van der Waals surface area (Å²) in [5, 5.41) is 10.0. The van der Waals surface area contributed by atoms with Crippen molar-refractivity contribution in [3.63, 3.8) is 0 Å². The number of likely N-dealkylation sites (tertiary alicyclic amines) is 2. The van der Waals surface area contributed by atoms with Gasteiger partial charge >= 0.3 is 6.18 Å². The Morgan fingerprint density at radius 2 is 1.88 bits per heavy atom. The van der Waals surface area contributed by atoms with Gasteiger partial charge in [0.1, 0.15) is 11.4 Å². The van der Waals surface area contributed by atoms with E-state index in [-0.39, 0.29) is 49.4 Å². The standard InChI is InChI=1S/C30H36F4N4O4/c1-28(27(35)41)14-22(39)16-38(28)26(40)20-3-5-23(24(31)13-20)21-4-6-25(36-15-21)42-17-19-7-11-37(12-8-19)18-29(9-2-10-29)30(32,33)34/h3-6,13,15,19,22,39H,2,7-12,14,16-18H2,1H3,(H2,35,41).